The minimum Gasteiger partial charge on any atom is -0.490 e. The molecule has 2 fully saturated rings. The van der Waals surface area contributed by atoms with Crippen molar-refractivity contribution in [1.82, 2.24) is 14.7 Å². The summed E-state index contributed by atoms with van der Waals surface area (Å²) in [6.45, 7) is 8.04. The molecule has 2 bridgehead atoms. The Morgan fingerprint density at radius 1 is 1.08 bits per heavy atom. The number of nitrogens with zero attached hydrogens (tertiary/aromatic N) is 5. The molecule has 13 nitrogen and oxygen atoms in total. The Hall–Kier alpha value is -3.79. The second-order valence-corrected chi connectivity index (χ2v) is 20.1. The van der Waals surface area contributed by atoms with Gasteiger partial charge >= 0.3 is 0 Å². The summed E-state index contributed by atoms with van der Waals surface area (Å²) < 4.78 is 51.7. The van der Waals surface area contributed by atoms with Crippen molar-refractivity contribution in [2.75, 3.05) is 89.8 Å². The fourth-order valence-electron chi connectivity index (χ4n) is 9.88. The van der Waals surface area contributed by atoms with E-state index in [2.05, 4.69) is 37.5 Å². The average molecular weight is 865 g/mol. The summed E-state index contributed by atoms with van der Waals surface area (Å²) in [5, 5.41) is 4.97. The maximum atomic E-state index is 15.3. The van der Waals surface area contributed by atoms with Crippen LogP contribution in [0.15, 0.2) is 59.1 Å². The van der Waals surface area contributed by atoms with Crippen LogP contribution in [-0.2, 0) is 42.8 Å². The number of carbonyl (C=O) groups is 2. The lowest BCUT2D eigenvalue weighted by atomic mass is 9.68. The number of benzene rings is 2. The first-order chi connectivity index (χ1) is 29.0. The van der Waals surface area contributed by atoms with Crippen molar-refractivity contribution < 1.29 is 37.5 Å². The minimum atomic E-state index is -3.53. The third-order valence-electron chi connectivity index (χ3n) is 13.2. The number of carbonyl (C=O) groups excluding carboxylic acids is 2. The van der Waals surface area contributed by atoms with E-state index in [4.69, 9.17) is 35.3 Å². The average Bonchev–Trinajstić information content (AvgIpc) is 3.54. The summed E-state index contributed by atoms with van der Waals surface area (Å²) >= 11 is 6.51. The first-order valence-electron chi connectivity index (χ1n) is 21.3. The molecule has 0 radical (unpaired) electrons. The van der Waals surface area contributed by atoms with Crippen LogP contribution >= 0.6 is 11.6 Å². The van der Waals surface area contributed by atoms with Crippen molar-refractivity contribution in [1.29, 1.82) is 0 Å². The van der Waals surface area contributed by atoms with Gasteiger partial charge in [-0.25, -0.2) is 4.21 Å². The molecule has 7 atom stereocenters. The van der Waals surface area contributed by atoms with Crippen LogP contribution in [0.5, 0.6) is 11.6 Å². The summed E-state index contributed by atoms with van der Waals surface area (Å²) in [7, 11) is 1.35. The number of rotatable bonds is 9. The zero-order valence-electron chi connectivity index (χ0n) is 35.2. The smallest absolute Gasteiger partial charge is 0.285 e. The van der Waals surface area contributed by atoms with E-state index in [0.717, 1.165) is 62.4 Å². The molecule has 1 amide bonds. The van der Waals surface area contributed by atoms with Crippen LogP contribution in [0.4, 0.5) is 5.69 Å². The Kier molecular flexibility index (Phi) is 13.1. The minimum absolute atomic E-state index is 0.0601. The molecule has 2 aliphatic carbocycles. The number of anilines is 1. The SMILES string of the molecule is COc1nn(C)cc1C(=O)C[S@@]1(=O)=NC(=O)c2ccc3c(c2)N(C[C@@H]2CC[C@H]2[C@@H](OC)/C=C/[C@H](OCCN2CCOCC2)[C@H](C)C1)C[C@@]1(CCCc2cc(Cl)ccc21)CO3. The molecule has 0 unspecified atom stereocenters. The number of amides is 1. The Labute approximate surface area is 358 Å². The molecule has 60 heavy (non-hydrogen) atoms. The van der Waals surface area contributed by atoms with Crippen LogP contribution in [0.2, 0.25) is 5.02 Å². The van der Waals surface area contributed by atoms with Crippen LogP contribution in [0.3, 0.4) is 0 Å². The molecule has 2 aromatic carbocycles. The number of halogens is 1. The summed E-state index contributed by atoms with van der Waals surface area (Å²) in [5.74, 6) is -0.679. The molecule has 1 saturated heterocycles. The zero-order chi connectivity index (χ0) is 42.0. The molecular weight excluding hydrogens is 806 g/mol. The van der Waals surface area contributed by atoms with E-state index in [1.165, 1.54) is 29.1 Å². The third-order valence-corrected chi connectivity index (χ3v) is 15.7. The molecule has 5 aliphatic rings. The predicted molar refractivity (Wildman–Crippen MR) is 231 cm³/mol. The van der Waals surface area contributed by atoms with Crippen molar-refractivity contribution in [2.45, 2.75) is 56.7 Å². The van der Waals surface area contributed by atoms with E-state index >= 15 is 4.21 Å². The van der Waals surface area contributed by atoms with Gasteiger partial charge in [-0.15, -0.1) is 5.10 Å². The largest absolute Gasteiger partial charge is 0.490 e. The van der Waals surface area contributed by atoms with Gasteiger partial charge in [-0.2, -0.15) is 4.36 Å². The lowest BCUT2D eigenvalue weighted by molar-refractivity contribution is -0.0000734. The van der Waals surface area contributed by atoms with E-state index in [1.807, 2.05) is 31.2 Å². The van der Waals surface area contributed by atoms with Crippen molar-refractivity contribution in [3.63, 3.8) is 0 Å². The number of morpholine rings is 1. The van der Waals surface area contributed by atoms with Crippen molar-refractivity contribution in [2.24, 2.45) is 29.2 Å². The molecule has 1 spiro atoms. The number of hydrogen-bond donors (Lipinski definition) is 0. The molecule has 3 aliphatic heterocycles. The number of ether oxygens (including phenoxy) is 5. The highest BCUT2D eigenvalue weighted by Crippen LogP contribution is 2.47. The second kappa shape index (κ2) is 18.3. The van der Waals surface area contributed by atoms with Gasteiger partial charge in [-0.05, 0) is 91.3 Å². The Morgan fingerprint density at radius 3 is 2.67 bits per heavy atom. The van der Waals surface area contributed by atoms with Gasteiger partial charge in [-0.1, -0.05) is 36.7 Å². The zero-order valence-corrected chi connectivity index (χ0v) is 36.8. The van der Waals surface area contributed by atoms with Gasteiger partial charge in [0.25, 0.3) is 5.91 Å². The molecule has 324 valence electrons. The standard InChI is InChI=1S/C45H58ClN5O8S/c1-30-26-60(54,27-39(52)36-25-49(2)47-44(36)56-4)48-43(53)32-8-12-42-38(23-32)51(28-45(29-59-42)15-5-6-31-22-34(46)9-11-37(31)45)24-33-7-10-35(33)41(55-3)14-13-40(30)58-21-18-50-16-19-57-20-17-50/h8-9,11-14,22-23,25,30,33,35,40-41H,5-7,10,15-21,24,26-29H2,1-4H3/b14-13+/t30-,33+,35-,40+,41+,45+,60-/m1/s1. The van der Waals surface area contributed by atoms with E-state index in [0.29, 0.717) is 51.2 Å². The monoisotopic (exact) mass is 863 g/mol. The quantitative estimate of drug-likeness (QED) is 0.185. The fourth-order valence-corrected chi connectivity index (χ4v) is 12.3. The summed E-state index contributed by atoms with van der Waals surface area (Å²) in [6, 6.07) is 11.6. The first-order valence-corrected chi connectivity index (χ1v) is 23.5. The highest BCUT2D eigenvalue weighted by Gasteiger charge is 2.44. The first kappa shape index (κ1) is 42.9. The van der Waals surface area contributed by atoms with Gasteiger partial charge in [0.05, 0.1) is 66.9 Å². The van der Waals surface area contributed by atoms with Gasteiger partial charge in [0.2, 0.25) is 5.88 Å². The van der Waals surface area contributed by atoms with Crippen molar-refractivity contribution >= 4 is 38.7 Å². The fraction of sp³-hybridized carbons (Fsp3) is 0.578. The highest BCUT2D eigenvalue weighted by atomic mass is 35.5. The molecule has 8 rings (SSSR count). The topological polar surface area (TPSA) is 134 Å². The summed E-state index contributed by atoms with van der Waals surface area (Å²) in [6.07, 6.45) is 10.0. The van der Waals surface area contributed by atoms with Gasteiger partial charge in [0, 0.05) is 74.8 Å². The lowest BCUT2D eigenvalue weighted by Gasteiger charge is -2.46. The van der Waals surface area contributed by atoms with E-state index in [9.17, 15) is 9.59 Å². The number of hydrogen-bond acceptors (Lipinski definition) is 11. The number of methoxy groups -OCH3 is 2. The molecule has 0 N–H and O–H groups in total. The molecule has 15 heteroatoms. The number of fused-ring (bicyclic) bond motifs is 4. The van der Waals surface area contributed by atoms with E-state index < -0.39 is 33.3 Å². The molecule has 1 aromatic heterocycles. The van der Waals surface area contributed by atoms with E-state index in [1.54, 1.807) is 20.2 Å². The van der Waals surface area contributed by atoms with Crippen molar-refractivity contribution in [3.05, 3.63) is 82.0 Å². The normalized spacial score (nSPS) is 30.2. The Morgan fingerprint density at radius 2 is 1.90 bits per heavy atom. The van der Waals surface area contributed by atoms with Crippen LogP contribution in [0, 0.1) is 17.8 Å². The second-order valence-electron chi connectivity index (χ2n) is 17.3. The third kappa shape index (κ3) is 9.19. The van der Waals surface area contributed by atoms with Crippen molar-refractivity contribution in [3.8, 4) is 11.6 Å². The predicted octanol–water partition coefficient (Wildman–Crippen LogP) is 6.01. The van der Waals surface area contributed by atoms with Gasteiger partial charge in [0.1, 0.15) is 11.3 Å². The Bertz CT molecular complexity index is 2220. The number of Topliss-reactive ketones (excluding diaryl/α,β-unsaturated/α-hetero) is 1. The van der Waals surface area contributed by atoms with Crippen LogP contribution in [0.25, 0.3) is 0 Å². The van der Waals surface area contributed by atoms with Crippen LogP contribution < -0.4 is 14.4 Å². The number of aryl methyl sites for hydroxylation is 2. The molecule has 1 saturated carbocycles. The van der Waals surface area contributed by atoms with E-state index in [-0.39, 0.29) is 46.1 Å². The highest BCUT2D eigenvalue weighted by molar-refractivity contribution is 7.94. The van der Waals surface area contributed by atoms with Crippen LogP contribution in [-0.4, -0.2) is 128 Å². The summed E-state index contributed by atoms with van der Waals surface area (Å²) in [5.41, 5.74) is 3.49. The molecule has 3 aromatic rings. The van der Waals surface area contributed by atoms with Gasteiger partial charge in [-0.3, -0.25) is 19.2 Å². The Balaban J connectivity index is 1.19. The van der Waals surface area contributed by atoms with Gasteiger partial charge < -0.3 is 28.6 Å². The summed E-state index contributed by atoms with van der Waals surface area (Å²) in [4.78, 5) is 33.1. The maximum Gasteiger partial charge on any atom is 0.285 e. The van der Waals surface area contributed by atoms with Gasteiger partial charge in [0.15, 0.2) is 5.78 Å². The van der Waals surface area contributed by atoms with Crippen LogP contribution in [0.1, 0.15) is 64.4 Å². The number of ketones is 1. The number of aromatic nitrogens is 2. The lowest BCUT2D eigenvalue weighted by Crippen LogP contribution is -2.49. The molecular formula is C45H58ClN5O8S. The molecule has 4 heterocycles. The maximum absolute atomic E-state index is 15.3.